The lowest BCUT2D eigenvalue weighted by molar-refractivity contribution is 0.499. The van der Waals surface area contributed by atoms with E-state index >= 15 is 0 Å². The molecule has 0 fully saturated rings. The van der Waals surface area contributed by atoms with Crippen molar-refractivity contribution in [2.24, 2.45) is 0 Å². The van der Waals surface area contributed by atoms with Gasteiger partial charge in [0.2, 0.25) is 0 Å². The maximum absolute atomic E-state index is 12.9. The minimum absolute atomic E-state index is 0.412. The average molecular weight is 168 g/mol. The Morgan fingerprint density at radius 1 is 1.33 bits per heavy atom. The second-order valence-corrected chi connectivity index (χ2v) is 2.54. The van der Waals surface area contributed by atoms with Gasteiger partial charge < -0.3 is 0 Å². The van der Waals surface area contributed by atoms with E-state index in [0.29, 0.717) is 18.4 Å². The SMILES string of the molecule is C=CCCc1cccc(F)c1F. The van der Waals surface area contributed by atoms with E-state index in [-0.39, 0.29) is 0 Å². The van der Waals surface area contributed by atoms with Crippen LogP contribution in [0, 0.1) is 11.6 Å². The number of halogens is 2. The summed E-state index contributed by atoms with van der Waals surface area (Å²) in [5.74, 6) is -1.52. The maximum Gasteiger partial charge on any atom is 0.162 e. The van der Waals surface area contributed by atoms with Gasteiger partial charge in [-0.25, -0.2) is 8.78 Å². The number of aryl methyl sites for hydroxylation is 1. The summed E-state index contributed by atoms with van der Waals surface area (Å²) in [5.41, 5.74) is 0.412. The average Bonchev–Trinajstić information content (AvgIpc) is 2.08. The summed E-state index contributed by atoms with van der Waals surface area (Å²) < 4.78 is 25.5. The Balaban J connectivity index is 2.84. The van der Waals surface area contributed by atoms with Crippen LogP contribution in [0.1, 0.15) is 12.0 Å². The Bertz CT molecular complexity index is 279. The van der Waals surface area contributed by atoms with Crippen LogP contribution in [0.3, 0.4) is 0 Å². The summed E-state index contributed by atoms with van der Waals surface area (Å²) in [7, 11) is 0. The first-order valence-corrected chi connectivity index (χ1v) is 3.79. The molecular formula is C10H10F2. The van der Waals surface area contributed by atoms with Crippen molar-refractivity contribution in [3.8, 4) is 0 Å². The van der Waals surface area contributed by atoms with Crippen LogP contribution in [-0.2, 0) is 6.42 Å². The maximum atomic E-state index is 12.9. The lowest BCUT2D eigenvalue weighted by Gasteiger charge is -2.00. The Morgan fingerprint density at radius 3 is 2.75 bits per heavy atom. The third-order valence-corrected chi connectivity index (χ3v) is 1.65. The molecule has 0 spiro atoms. The van der Waals surface area contributed by atoms with Crippen LogP contribution in [0.25, 0.3) is 0 Å². The zero-order valence-electron chi connectivity index (χ0n) is 6.69. The van der Waals surface area contributed by atoms with Gasteiger partial charge in [-0.2, -0.15) is 0 Å². The van der Waals surface area contributed by atoms with Gasteiger partial charge in [-0.3, -0.25) is 0 Å². The van der Waals surface area contributed by atoms with Gasteiger partial charge in [0.05, 0.1) is 0 Å². The van der Waals surface area contributed by atoms with Gasteiger partial charge in [-0.15, -0.1) is 6.58 Å². The summed E-state index contributed by atoms with van der Waals surface area (Å²) in [6.07, 6.45) is 2.86. The van der Waals surface area contributed by atoms with E-state index in [0.717, 1.165) is 6.07 Å². The highest BCUT2D eigenvalue weighted by molar-refractivity contribution is 5.19. The molecule has 0 N–H and O–H groups in total. The number of benzene rings is 1. The molecule has 0 atom stereocenters. The van der Waals surface area contributed by atoms with Gasteiger partial charge in [0, 0.05) is 0 Å². The van der Waals surface area contributed by atoms with E-state index in [4.69, 9.17) is 0 Å². The third kappa shape index (κ3) is 1.91. The van der Waals surface area contributed by atoms with Crippen LogP contribution in [0.2, 0.25) is 0 Å². The normalized spacial score (nSPS) is 9.83. The largest absolute Gasteiger partial charge is 0.204 e. The van der Waals surface area contributed by atoms with E-state index in [1.54, 1.807) is 12.1 Å². The van der Waals surface area contributed by atoms with Crippen LogP contribution in [0.15, 0.2) is 30.9 Å². The van der Waals surface area contributed by atoms with Gasteiger partial charge in [0.25, 0.3) is 0 Å². The standard InChI is InChI=1S/C10H10F2/c1-2-3-5-8-6-4-7-9(11)10(8)12/h2,4,6-7H,1,3,5H2. The Labute approximate surface area is 70.5 Å². The number of hydrogen-bond acceptors (Lipinski definition) is 0. The van der Waals surface area contributed by atoms with Crippen molar-refractivity contribution in [3.63, 3.8) is 0 Å². The minimum Gasteiger partial charge on any atom is -0.204 e. The second-order valence-electron chi connectivity index (χ2n) is 2.54. The van der Waals surface area contributed by atoms with Crippen molar-refractivity contribution in [2.45, 2.75) is 12.8 Å². The molecule has 1 aromatic carbocycles. The van der Waals surface area contributed by atoms with E-state index in [2.05, 4.69) is 6.58 Å². The van der Waals surface area contributed by atoms with Gasteiger partial charge in [-0.1, -0.05) is 18.2 Å². The topological polar surface area (TPSA) is 0 Å². The summed E-state index contributed by atoms with van der Waals surface area (Å²) in [6.45, 7) is 3.51. The van der Waals surface area contributed by atoms with E-state index < -0.39 is 11.6 Å². The molecule has 12 heavy (non-hydrogen) atoms. The highest BCUT2D eigenvalue weighted by Gasteiger charge is 2.05. The molecule has 0 bridgehead atoms. The molecule has 2 heteroatoms. The second kappa shape index (κ2) is 4.00. The molecule has 0 saturated heterocycles. The number of rotatable bonds is 3. The van der Waals surface area contributed by atoms with Crippen molar-refractivity contribution in [1.82, 2.24) is 0 Å². The van der Waals surface area contributed by atoms with Gasteiger partial charge in [0.15, 0.2) is 11.6 Å². The molecule has 0 aliphatic rings. The molecule has 0 unspecified atom stereocenters. The molecule has 1 rings (SSSR count). The minimum atomic E-state index is -0.781. The quantitative estimate of drug-likeness (QED) is 0.608. The van der Waals surface area contributed by atoms with Crippen LogP contribution in [0.4, 0.5) is 8.78 Å². The monoisotopic (exact) mass is 168 g/mol. The molecule has 0 radical (unpaired) electrons. The highest BCUT2D eigenvalue weighted by Crippen LogP contribution is 2.12. The van der Waals surface area contributed by atoms with Crippen LogP contribution < -0.4 is 0 Å². The fourth-order valence-electron chi connectivity index (χ4n) is 0.999. The van der Waals surface area contributed by atoms with Gasteiger partial charge in [0.1, 0.15) is 0 Å². The molecule has 0 amide bonds. The molecule has 1 aromatic rings. The third-order valence-electron chi connectivity index (χ3n) is 1.65. The first-order valence-electron chi connectivity index (χ1n) is 3.79. The fourth-order valence-corrected chi connectivity index (χ4v) is 0.999. The fraction of sp³-hybridized carbons (Fsp3) is 0.200. The molecule has 64 valence electrons. The first-order chi connectivity index (χ1) is 5.75. The Hall–Kier alpha value is -1.18. The number of hydrogen-bond donors (Lipinski definition) is 0. The Morgan fingerprint density at radius 2 is 2.08 bits per heavy atom. The number of allylic oxidation sites excluding steroid dienone is 1. The van der Waals surface area contributed by atoms with Crippen molar-refractivity contribution in [3.05, 3.63) is 48.1 Å². The zero-order valence-corrected chi connectivity index (χ0v) is 6.69. The van der Waals surface area contributed by atoms with Gasteiger partial charge >= 0.3 is 0 Å². The zero-order chi connectivity index (χ0) is 8.97. The van der Waals surface area contributed by atoms with Crippen molar-refractivity contribution >= 4 is 0 Å². The molecule has 0 saturated carbocycles. The van der Waals surface area contributed by atoms with Crippen LogP contribution in [0.5, 0.6) is 0 Å². The lowest BCUT2D eigenvalue weighted by atomic mass is 10.1. The Kier molecular flexibility index (Phi) is 2.97. The van der Waals surface area contributed by atoms with E-state index in [1.807, 2.05) is 0 Å². The summed E-state index contributed by atoms with van der Waals surface area (Å²) in [4.78, 5) is 0. The molecule has 0 aliphatic carbocycles. The summed E-state index contributed by atoms with van der Waals surface area (Å²) >= 11 is 0. The van der Waals surface area contributed by atoms with Gasteiger partial charge in [-0.05, 0) is 24.5 Å². The highest BCUT2D eigenvalue weighted by atomic mass is 19.2. The molecular weight excluding hydrogens is 158 g/mol. The predicted molar refractivity (Wildman–Crippen MR) is 44.9 cm³/mol. The van der Waals surface area contributed by atoms with Crippen molar-refractivity contribution in [2.75, 3.05) is 0 Å². The van der Waals surface area contributed by atoms with E-state index in [9.17, 15) is 8.78 Å². The molecule has 0 nitrogen and oxygen atoms in total. The van der Waals surface area contributed by atoms with Crippen LogP contribution >= 0.6 is 0 Å². The molecule has 0 aliphatic heterocycles. The molecule has 0 aromatic heterocycles. The van der Waals surface area contributed by atoms with Crippen molar-refractivity contribution in [1.29, 1.82) is 0 Å². The lowest BCUT2D eigenvalue weighted by Crippen LogP contribution is -1.92. The smallest absolute Gasteiger partial charge is 0.162 e. The predicted octanol–water partition coefficient (Wildman–Crippen LogP) is 3.08. The summed E-state index contributed by atoms with van der Waals surface area (Å²) in [6, 6.07) is 4.21. The van der Waals surface area contributed by atoms with Crippen molar-refractivity contribution < 1.29 is 8.78 Å². The summed E-state index contributed by atoms with van der Waals surface area (Å²) in [5, 5.41) is 0. The van der Waals surface area contributed by atoms with Crippen LogP contribution in [-0.4, -0.2) is 0 Å². The first kappa shape index (κ1) is 8.91. The van der Waals surface area contributed by atoms with E-state index in [1.165, 1.54) is 6.07 Å². The molecule has 0 heterocycles.